The summed E-state index contributed by atoms with van der Waals surface area (Å²) in [5.41, 5.74) is 1.92. The van der Waals surface area contributed by atoms with Crippen LogP contribution in [0.2, 0.25) is 0 Å². The van der Waals surface area contributed by atoms with Crippen molar-refractivity contribution in [1.29, 1.82) is 0 Å². The molecular weight excluding hydrogens is 246 g/mol. The van der Waals surface area contributed by atoms with Crippen molar-refractivity contribution in [2.75, 3.05) is 0 Å². The Balaban J connectivity index is 2.21. The molecule has 0 spiro atoms. The van der Waals surface area contributed by atoms with E-state index < -0.39 is 5.54 Å². The summed E-state index contributed by atoms with van der Waals surface area (Å²) in [5, 5.41) is 0. The van der Waals surface area contributed by atoms with Crippen LogP contribution in [0.25, 0.3) is 0 Å². The first-order valence-electron chi connectivity index (χ1n) is 7.05. The maximum absolute atomic E-state index is 5.85. The molecular formula is C18H19NO. The Labute approximate surface area is 120 Å². The minimum atomic E-state index is -0.434. The van der Waals surface area contributed by atoms with E-state index in [2.05, 4.69) is 62.4 Å². The lowest BCUT2D eigenvalue weighted by Gasteiger charge is -2.34. The molecule has 1 aliphatic rings. The zero-order chi connectivity index (χ0) is 14.0. The van der Waals surface area contributed by atoms with Gasteiger partial charge in [-0.15, -0.1) is 0 Å². The van der Waals surface area contributed by atoms with Crippen LogP contribution in [0.15, 0.2) is 65.7 Å². The van der Waals surface area contributed by atoms with Gasteiger partial charge in [0.05, 0.1) is 0 Å². The van der Waals surface area contributed by atoms with Crippen molar-refractivity contribution < 1.29 is 4.74 Å². The van der Waals surface area contributed by atoms with E-state index in [4.69, 9.17) is 9.73 Å². The fourth-order valence-electron chi connectivity index (χ4n) is 3.02. The molecule has 2 heteroatoms. The molecule has 3 rings (SSSR count). The molecule has 0 amide bonds. The summed E-state index contributed by atoms with van der Waals surface area (Å²) in [6.07, 6.45) is 1.64. The van der Waals surface area contributed by atoms with Crippen LogP contribution >= 0.6 is 0 Å². The standard InChI is InChI=1S/C18H19NO/c1-14(2)17-18(19-13-20-17,15-9-5-3-6-10-15)16-11-7-4-8-12-16/h3-14,17H,1-2H3. The highest BCUT2D eigenvalue weighted by molar-refractivity contribution is 5.57. The summed E-state index contributed by atoms with van der Waals surface area (Å²) in [7, 11) is 0. The smallest absolute Gasteiger partial charge is 0.171 e. The topological polar surface area (TPSA) is 21.6 Å². The van der Waals surface area contributed by atoms with Gasteiger partial charge in [-0.2, -0.15) is 0 Å². The molecule has 1 aliphatic heterocycles. The second-order valence-electron chi connectivity index (χ2n) is 5.53. The SMILES string of the molecule is CC(C)C1OC=NC1(c1ccccc1)c1ccccc1. The van der Waals surface area contributed by atoms with Crippen LogP contribution in [0.1, 0.15) is 25.0 Å². The van der Waals surface area contributed by atoms with E-state index >= 15 is 0 Å². The molecule has 0 fully saturated rings. The fraction of sp³-hybridized carbons (Fsp3) is 0.278. The van der Waals surface area contributed by atoms with Crippen LogP contribution in [0.3, 0.4) is 0 Å². The Morgan fingerprint density at radius 3 is 1.85 bits per heavy atom. The lowest BCUT2D eigenvalue weighted by atomic mass is 9.75. The van der Waals surface area contributed by atoms with Gasteiger partial charge in [0.15, 0.2) is 11.9 Å². The van der Waals surface area contributed by atoms with Crippen molar-refractivity contribution in [1.82, 2.24) is 0 Å². The third-order valence-electron chi connectivity index (χ3n) is 3.91. The molecule has 0 saturated heterocycles. The molecule has 1 heterocycles. The monoisotopic (exact) mass is 265 g/mol. The molecule has 102 valence electrons. The maximum atomic E-state index is 5.85. The van der Waals surface area contributed by atoms with Gasteiger partial charge in [-0.3, -0.25) is 0 Å². The summed E-state index contributed by atoms with van der Waals surface area (Å²) in [4.78, 5) is 4.76. The summed E-state index contributed by atoms with van der Waals surface area (Å²) < 4.78 is 5.85. The number of ether oxygens (including phenoxy) is 1. The van der Waals surface area contributed by atoms with Gasteiger partial charge in [-0.25, -0.2) is 4.99 Å². The van der Waals surface area contributed by atoms with Crippen molar-refractivity contribution >= 4 is 6.40 Å². The van der Waals surface area contributed by atoms with E-state index in [1.54, 1.807) is 6.40 Å². The van der Waals surface area contributed by atoms with E-state index in [0.717, 1.165) is 0 Å². The Morgan fingerprint density at radius 2 is 1.40 bits per heavy atom. The molecule has 0 aromatic heterocycles. The van der Waals surface area contributed by atoms with Crippen molar-refractivity contribution in [3.63, 3.8) is 0 Å². The maximum Gasteiger partial charge on any atom is 0.171 e. The molecule has 0 saturated carbocycles. The van der Waals surface area contributed by atoms with Gasteiger partial charge in [0.2, 0.25) is 0 Å². The average Bonchev–Trinajstić information content (AvgIpc) is 2.95. The van der Waals surface area contributed by atoms with Crippen LogP contribution < -0.4 is 0 Å². The first kappa shape index (κ1) is 12.9. The van der Waals surface area contributed by atoms with Crippen LogP contribution in [0, 0.1) is 5.92 Å². The first-order valence-corrected chi connectivity index (χ1v) is 7.05. The lowest BCUT2D eigenvalue weighted by molar-refractivity contribution is 0.113. The largest absolute Gasteiger partial charge is 0.477 e. The molecule has 20 heavy (non-hydrogen) atoms. The molecule has 0 N–H and O–H groups in total. The highest BCUT2D eigenvalue weighted by atomic mass is 16.5. The molecule has 2 aromatic carbocycles. The molecule has 2 nitrogen and oxygen atoms in total. The van der Waals surface area contributed by atoms with Gasteiger partial charge in [0.25, 0.3) is 0 Å². The Kier molecular flexibility index (Phi) is 3.31. The van der Waals surface area contributed by atoms with Gasteiger partial charge in [-0.05, 0) is 17.0 Å². The molecule has 0 aliphatic carbocycles. The number of aliphatic imine (C=N–C) groups is 1. The molecule has 0 bridgehead atoms. The number of hydrogen-bond donors (Lipinski definition) is 0. The second kappa shape index (κ2) is 5.12. The predicted molar refractivity (Wildman–Crippen MR) is 81.9 cm³/mol. The molecule has 0 radical (unpaired) electrons. The Hall–Kier alpha value is -2.09. The Bertz CT molecular complexity index is 550. The first-order chi connectivity index (χ1) is 9.75. The number of hydrogen-bond acceptors (Lipinski definition) is 2. The third kappa shape index (κ3) is 1.92. The van der Waals surface area contributed by atoms with E-state index in [-0.39, 0.29) is 6.10 Å². The van der Waals surface area contributed by atoms with E-state index in [1.807, 2.05) is 12.1 Å². The van der Waals surface area contributed by atoms with E-state index in [9.17, 15) is 0 Å². The zero-order valence-electron chi connectivity index (χ0n) is 11.9. The molecule has 2 aromatic rings. The number of benzene rings is 2. The van der Waals surface area contributed by atoms with Crippen molar-refractivity contribution in [3.05, 3.63) is 71.8 Å². The zero-order valence-corrected chi connectivity index (χ0v) is 11.9. The van der Waals surface area contributed by atoms with Crippen molar-refractivity contribution in [2.24, 2.45) is 10.9 Å². The van der Waals surface area contributed by atoms with Gasteiger partial charge in [0, 0.05) is 0 Å². The minimum Gasteiger partial charge on any atom is -0.477 e. The third-order valence-corrected chi connectivity index (χ3v) is 3.91. The van der Waals surface area contributed by atoms with Crippen LogP contribution in [0.4, 0.5) is 0 Å². The lowest BCUT2D eigenvalue weighted by Crippen LogP contribution is -2.40. The minimum absolute atomic E-state index is 0.0206. The summed E-state index contributed by atoms with van der Waals surface area (Å²) >= 11 is 0. The van der Waals surface area contributed by atoms with Gasteiger partial charge < -0.3 is 4.74 Å². The van der Waals surface area contributed by atoms with Crippen LogP contribution in [0.5, 0.6) is 0 Å². The average molecular weight is 265 g/mol. The Morgan fingerprint density at radius 1 is 0.900 bits per heavy atom. The predicted octanol–water partition coefficient (Wildman–Crippen LogP) is 4.01. The normalized spacial score (nSPS) is 20.1. The second-order valence-corrected chi connectivity index (χ2v) is 5.53. The van der Waals surface area contributed by atoms with Gasteiger partial charge in [-0.1, -0.05) is 74.5 Å². The van der Waals surface area contributed by atoms with Crippen molar-refractivity contribution in [2.45, 2.75) is 25.5 Å². The quantitative estimate of drug-likeness (QED) is 0.821. The van der Waals surface area contributed by atoms with Gasteiger partial charge in [0.1, 0.15) is 6.10 Å². The fourth-order valence-corrected chi connectivity index (χ4v) is 3.02. The summed E-state index contributed by atoms with van der Waals surface area (Å²) in [5.74, 6) is 0.373. The van der Waals surface area contributed by atoms with E-state index in [1.165, 1.54) is 11.1 Å². The highest BCUT2D eigenvalue weighted by Crippen LogP contribution is 2.43. The summed E-state index contributed by atoms with van der Waals surface area (Å²) in [6, 6.07) is 20.8. The summed E-state index contributed by atoms with van der Waals surface area (Å²) in [6.45, 7) is 4.36. The molecule has 1 unspecified atom stereocenters. The van der Waals surface area contributed by atoms with Crippen molar-refractivity contribution in [3.8, 4) is 0 Å². The number of nitrogens with zero attached hydrogens (tertiary/aromatic N) is 1. The van der Waals surface area contributed by atoms with E-state index in [0.29, 0.717) is 5.92 Å². The van der Waals surface area contributed by atoms with Crippen LogP contribution in [-0.2, 0) is 10.3 Å². The molecule has 1 atom stereocenters. The highest BCUT2D eigenvalue weighted by Gasteiger charge is 2.47. The van der Waals surface area contributed by atoms with Crippen LogP contribution in [-0.4, -0.2) is 12.5 Å². The van der Waals surface area contributed by atoms with Gasteiger partial charge >= 0.3 is 0 Å². The number of rotatable bonds is 3.